The predicted molar refractivity (Wildman–Crippen MR) is 109 cm³/mol. The fourth-order valence-corrected chi connectivity index (χ4v) is 1.85. The highest BCUT2D eigenvalue weighted by Gasteiger charge is 2.04. The Bertz CT molecular complexity index is 340. The largest absolute Gasteiger partial charge is 0.378 e. The number of rotatable bonds is 20. The van der Waals surface area contributed by atoms with Crippen molar-refractivity contribution in [2.24, 2.45) is 5.92 Å². The van der Waals surface area contributed by atoms with Crippen LogP contribution in [0.2, 0.25) is 0 Å². The number of carbonyl (C=O) groups is 1. The van der Waals surface area contributed by atoms with E-state index < -0.39 is 0 Å². The van der Waals surface area contributed by atoms with Crippen molar-refractivity contribution in [3.63, 3.8) is 0 Å². The molecular formula is C19H44N2O6. The smallest absolute Gasteiger partial charge is 0.222 e. The minimum atomic E-state index is 0. The highest BCUT2D eigenvalue weighted by molar-refractivity contribution is 5.77. The van der Waals surface area contributed by atoms with Gasteiger partial charge in [-0.25, -0.2) is 0 Å². The van der Waals surface area contributed by atoms with Gasteiger partial charge in [0.15, 0.2) is 0 Å². The van der Waals surface area contributed by atoms with Crippen LogP contribution in [0.4, 0.5) is 0 Å². The first-order chi connectivity index (χ1) is 13.0. The molecular weight excluding hydrogens is 352 g/mol. The molecule has 0 aliphatic rings. The lowest BCUT2D eigenvalue weighted by Gasteiger charge is -2.09. The summed E-state index contributed by atoms with van der Waals surface area (Å²) >= 11 is 0. The molecule has 2 N–H and O–H groups in total. The first kappa shape index (κ1) is 26.2. The summed E-state index contributed by atoms with van der Waals surface area (Å²) in [6, 6.07) is 0.488. The van der Waals surface area contributed by atoms with E-state index in [1.807, 2.05) is 13.8 Å². The monoisotopic (exact) mass is 396 g/mol. The van der Waals surface area contributed by atoms with Gasteiger partial charge in [-0.05, 0) is 0 Å². The van der Waals surface area contributed by atoms with E-state index in [0.29, 0.717) is 78.7 Å². The van der Waals surface area contributed by atoms with E-state index in [1.165, 1.54) is 0 Å². The lowest BCUT2D eigenvalue weighted by molar-refractivity contribution is -0.124. The van der Waals surface area contributed by atoms with Gasteiger partial charge in [-0.15, -0.1) is 0 Å². The number of carbonyl (C=O) groups excluding carboxylic acids is 1. The molecule has 166 valence electrons. The van der Waals surface area contributed by atoms with E-state index in [-0.39, 0.29) is 14.7 Å². The van der Waals surface area contributed by atoms with Gasteiger partial charge in [-0.2, -0.15) is 0 Å². The Kier molecular flexibility index (Phi) is 19.4. The van der Waals surface area contributed by atoms with Crippen LogP contribution < -0.4 is 10.6 Å². The van der Waals surface area contributed by atoms with Gasteiger partial charge in [-0.3, -0.25) is 4.79 Å². The number of amides is 1. The number of hydrogen-bond acceptors (Lipinski definition) is 7. The molecule has 0 atom stereocenters. The average molecular weight is 397 g/mol. The second kappa shape index (κ2) is 20.0. The molecule has 0 aromatic heterocycles. The quantitative estimate of drug-likeness (QED) is 0.300. The van der Waals surface area contributed by atoms with Crippen molar-refractivity contribution in [2.45, 2.75) is 33.7 Å². The van der Waals surface area contributed by atoms with E-state index in [1.54, 1.807) is 0 Å². The van der Waals surface area contributed by atoms with Crippen LogP contribution in [0.1, 0.15) is 30.5 Å². The highest BCUT2D eigenvalue weighted by Crippen LogP contribution is 1.89. The SMILES string of the molecule is CC(C)NCCOCCOCCOCCOCCOCCNC(=O)C(C)C.[HH].[HH]. The summed E-state index contributed by atoms with van der Waals surface area (Å²) in [7, 11) is 0. The number of hydrogen-bond donors (Lipinski definition) is 2. The molecule has 0 unspecified atom stereocenters. The third kappa shape index (κ3) is 21.4. The Morgan fingerprint density at radius 1 is 0.667 bits per heavy atom. The van der Waals surface area contributed by atoms with Crippen molar-refractivity contribution in [1.29, 1.82) is 0 Å². The van der Waals surface area contributed by atoms with Gasteiger partial charge < -0.3 is 34.3 Å². The molecule has 0 saturated heterocycles. The van der Waals surface area contributed by atoms with Crippen LogP contribution in [-0.2, 0) is 28.5 Å². The Labute approximate surface area is 167 Å². The Hall–Kier alpha value is -0.770. The summed E-state index contributed by atoms with van der Waals surface area (Å²) in [5.41, 5.74) is 0. The summed E-state index contributed by atoms with van der Waals surface area (Å²) in [5, 5.41) is 6.08. The van der Waals surface area contributed by atoms with Crippen LogP contribution in [-0.4, -0.2) is 91.1 Å². The zero-order chi connectivity index (χ0) is 20.2. The van der Waals surface area contributed by atoms with Gasteiger partial charge >= 0.3 is 0 Å². The highest BCUT2D eigenvalue weighted by atomic mass is 16.6. The molecule has 0 rings (SSSR count). The molecule has 0 aromatic carbocycles. The topological polar surface area (TPSA) is 87.3 Å². The fraction of sp³-hybridized carbons (Fsp3) is 0.947. The standard InChI is InChI=1S/C19H40N2O6.2H2/c1-17(2)19(22)21-6-8-24-10-12-26-14-16-27-15-13-25-11-9-23-7-5-20-18(3)4;;/h17-18,20H,5-16H2,1-4H3,(H,21,22);2*1H. The van der Waals surface area contributed by atoms with Crippen LogP contribution in [0.25, 0.3) is 0 Å². The molecule has 27 heavy (non-hydrogen) atoms. The van der Waals surface area contributed by atoms with Crippen LogP contribution in [0, 0.1) is 5.92 Å². The van der Waals surface area contributed by atoms with Crippen LogP contribution in [0.3, 0.4) is 0 Å². The summed E-state index contributed by atoms with van der Waals surface area (Å²) in [6.45, 7) is 14.9. The predicted octanol–water partition coefficient (Wildman–Crippen LogP) is 1.33. The number of ether oxygens (including phenoxy) is 5. The maximum Gasteiger partial charge on any atom is 0.222 e. The lowest BCUT2D eigenvalue weighted by Crippen LogP contribution is -2.31. The van der Waals surface area contributed by atoms with Crippen molar-refractivity contribution in [1.82, 2.24) is 10.6 Å². The maximum absolute atomic E-state index is 11.3. The van der Waals surface area contributed by atoms with E-state index in [0.717, 1.165) is 6.54 Å². The molecule has 0 aromatic rings. The molecule has 0 fully saturated rings. The molecule has 0 saturated carbocycles. The van der Waals surface area contributed by atoms with Crippen molar-refractivity contribution >= 4 is 5.91 Å². The minimum absolute atomic E-state index is 0. The Balaban J connectivity index is -0.00000338. The molecule has 0 heterocycles. The first-order valence-corrected chi connectivity index (χ1v) is 9.93. The van der Waals surface area contributed by atoms with Crippen molar-refractivity contribution in [3.05, 3.63) is 0 Å². The minimum Gasteiger partial charge on any atom is -0.378 e. The summed E-state index contributed by atoms with van der Waals surface area (Å²) < 4.78 is 27.0. The Morgan fingerprint density at radius 3 is 1.41 bits per heavy atom. The van der Waals surface area contributed by atoms with Gasteiger partial charge in [0.05, 0.1) is 66.1 Å². The second-order valence-electron chi connectivity index (χ2n) is 6.62. The Morgan fingerprint density at radius 2 is 1.04 bits per heavy atom. The first-order valence-electron chi connectivity index (χ1n) is 9.93. The molecule has 0 radical (unpaired) electrons. The maximum atomic E-state index is 11.3. The second-order valence-corrected chi connectivity index (χ2v) is 6.62. The van der Waals surface area contributed by atoms with Crippen molar-refractivity contribution < 1.29 is 31.3 Å². The van der Waals surface area contributed by atoms with Crippen LogP contribution in [0.5, 0.6) is 0 Å². The third-order valence-corrected chi connectivity index (χ3v) is 3.36. The van der Waals surface area contributed by atoms with Crippen molar-refractivity contribution in [3.8, 4) is 0 Å². The van der Waals surface area contributed by atoms with E-state index in [9.17, 15) is 4.79 Å². The molecule has 8 heteroatoms. The van der Waals surface area contributed by atoms with E-state index in [4.69, 9.17) is 23.7 Å². The average Bonchev–Trinajstić information content (AvgIpc) is 2.63. The molecule has 0 spiro atoms. The normalized spacial score (nSPS) is 11.5. The fourth-order valence-electron chi connectivity index (χ4n) is 1.85. The molecule has 1 amide bonds. The van der Waals surface area contributed by atoms with Crippen LogP contribution in [0.15, 0.2) is 0 Å². The molecule has 8 nitrogen and oxygen atoms in total. The zero-order valence-corrected chi connectivity index (χ0v) is 17.6. The summed E-state index contributed by atoms with van der Waals surface area (Å²) in [4.78, 5) is 11.3. The van der Waals surface area contributed by atoms with Gasteiger partial charge in [0.2, 0.25) is 5.91 Å². The molecule has 0 aliphatic heterocycles. The van der Waals surface area contributed by atoms with Gasteiger partial charge in [0.25, 0.3) is 0 Å². The zero-order valence-electron chi connectivity index (χ0n) is 17.6. The summed E-state index contributed by atoms with van der Waals surface area (Å²) in [6.07, 6.45) is 0. The van der Waals surface area contributed by atoms with Crippen LogP contribution >= 0.6 is 0 Å². The molecule has 0 aliphatic carbocycles. The summed E-state index contributed by atoms with van der Waals surface area (Å²) in [5.74, 6) is 0.0478. The van der Waals surface area contributed by atoms with Crippen molar-refractivity contribution in [2.75, 3.05) is 79.2 Å². The van der Waals surface area contributed by atoms with E-state index in [2.05, 4.69) is 24.5 Å². The van der Waals surface area contributed by atoms with Gasteiger partial charge in [0, 0.05) is 27.9 Å². The van der Waals surface area contributed by atoms with Gasteiger partial charge in [0.1, 0.15) is 0 Å². The van der Waals surface area contributed by atoms with Gasteiger partial charge in [-0.1, -0.05) is 27.7 Å². The van der Waals surface area contributed by atoms with E-state index >= 15 is 0 Å². The third-order valence-electron chi connectivity index (χ3n) is 3.36. The lowest BCUT2D eigenvalue weighted by atomic mass is 10.2. The number of nitrogens with one attached hydrogen (secondary N) is 2. The molecule has 0 bridgehead atoms.